The number of ketones is 1. The number of halogens is 1. The van der Waals surface area contributed by atoms with E-state index in [2.05, 4.69) is 25.6 Å². The topological polar surface area (TPSA) is 123 Å². The van der Waals surface area contributed by atoms with Gasteiger partial charge < -0.3 is 15.4 Å². The Kier molecular flexibility index (Phi) is 7.62. The highest BCUT2D eigenvalue weighted by molar-refractivity contribution is 6.35. The van der Waals surface area contributed by atoms with Crippen LogP contribution in [0.1, 0.15) is 22.8 Å². The number of aromatic nitrogens is 3. The van der Waals surface area contributed by atoms with Crippen molar-refractivity contribution in [1.82, 2.24) is 15.0 Å². The van der Waals surface area contributed by atoms with Crippen molar-refractivity contribution in [2.24, 2.45) is 0 Å². The summed E-state index contributed by atoms with van der Waals surface area (Å²) in [4.78, 5) is 48.8. The molecule has 2 aromatic carbocycles. The summed E-state index contributed by atoms with van der Waals surface area (Å²) >= 11 is 6.41. The fourth-order valence-electron chi connectivity index (χ4n) is 3.32. The van der Waals surface area contributed by atoms with Gasteiger partial charge in [0.25, 0.3) is 0 Å². The number of fused-ring (bicyclic) bond motifs is 1. The summed E-state index contributed by atoms with van der Waals surface area (Å²) in [7, 11) is 0. The summed E-state index contributed by atoms with van der Waals surface area (Å²) < 4.78 is 4.76. The van der Waals surface area contributed by atoms with Crippen LogP contribution < -0.4 is 10.6 Å². The second-order valence-corrected chi connectivity index (χ2v) is 7.83. The fourth-order valence-corrected chi connectivity index (χ4v) is 3.58. The van der Waals surface area contributed by atoms with Gasteiger partial charge in [-0.1, -0.05) is 11.6 Å². The summed E-state index contributed by atoms with van der Waals surface area (Å²) in [5.41, 5.74) is 2.52. The van der Waals surface area contributed by atoms with Crippen LogP contribution in [0.5, 0.6) is 0 Å². The molecule has 0 atom stereocenters. The van der Waals surface area contributed by atoms with E-state index in [1.165, 1.54) is 12.5 Å². The van der Waals surface area contributed by atoms with Crippen molar-refractivity contribution < 1.29 is 19.1 Å². The maximum absolute atomic E-state index is 12.7. The summed E-state index contributed by atoms with van der Waals surface area (Å²) in [5.74, 6) is -0.850. The molecule has 0 aliphatic rings. The minimum absolute atomic E-state index is 0.222. The average Bonchev–Trinajstić information content (AvgIpc) is 2.88. The molecule has 0 fully saturated rings. The standard InChI is InChI=1S/C26H20ClN5O4/c1-2-36-24(34)10-9-23(33)31-17-6-8-22-20(12-17)26(30-15-29-22)32-18-5-7-19(21(27)13-18)25(35)16-4-3-11-28-14-16/h3-15H,2H2,1H3,(H,31,33)(H,29,30,32). The molecule has 36 heavy (non-hydrogen) atoms. The Labute approximate surface area is 211 Å². The van der Waals surface area contributed by atoms with E-state index in [-0.39, 0.29) is 17.4 Å². The second-order valence-electron chi connectivity index (χ2n) is 7.42. The fraction of sp³-hybridized carbons (Fsp3) is 0.0769. The van der Waals surface area contributed by atoms with E-state index in [1.54, 1.807) is 61.7 Å². The van der Waals surface area contributed by atoms with Gasteiger partial charge in [0.2, 0.25) is 5.91 Å². The van der Waals surface area contributed by atoms with E-state index in [4.69, 9.17) is 16.3 Å². The number of anilines is 3. The van der Waals surface area contributed by atoms with Crippen LogP contribution in [0.4, 0.5) is 17.2 Å². The number of hydrogen-bond acceptors (Lipinski definition) is 8. The number of amides is 1. The first-order chi connectivity index (χ1) is 17.4. The highest BCUT2D eigenvalue weighted by Crippen LogP contribution is 2.29. The number of pyridine rings is 1. The predicted molar refractivity (Wildman–Crippen MR) is 136 cm³/mol. The molecule has 1 amide bonds. The van der Waals surface area contributed by atoms with Crippen LogP contribution in [0.2, 0.25) is 5.02 Å². The molecule has 0 saturated heterocycles. The van der Waals surface area contributed by atoms with Gasteiger partial charge in [0.1, 0.15) is 12.1 Å². The molecule has 0 saturated carbocycles. The lowest BCUT2D eigenvalue weighted by atomic mass is 10.0. The number of hydrogen-bond donors (Lipinski definition) is 2. The van der Waals surface area contributed by atoms with Gasteiger partial charge in [-0.3, -0.25) is 14.6 Å². The lowest BCUT2D eigenvalue weighted by Crippen LogP contribution is -2.09. The van der Waals surface area contributed by atoms with Gasteiger partial charge in [-0.05, 0) is 55.5 Å². The lowest BCUT2D eigenvalue weighted by Gasteiger charge is -2.11. The molecule has 9 nitrogen and oxygen atoms in total. The molecule has 0 aliphatic carbocycles. The minimum Gasteiger partial charge on any atom is -0.463 e. The van der Waals surface area contributed by atoms with Crippen molar-refractivity contribution >= 4 is 57.4 Å². The molecule has 0 radical (unpaired) electrons. The van der Waals surface area contributed by atoms with Crippen LogP contribution in [0, 0.1) is 0 Å². The normalized spacial score (nSPS) is 10.8. The maximum atomic E-state index is 12.7. The Bertz CT molecular complexity index is 1470. The van der Waals surface area contributed by atoms with Crippen molar-refractivity contribution in [3.05, 3.63) is 95.6 Å². The Balaban J connectivity index is 1.55. The number of nitrogens with zero attached hydrogens (tertiary/aromatic N) is 3. The van der Waals surface area contributed by atoms with Gasteiger partial charge >= 0.3 is 5.97 Å². The van der Waals surface area contributed by atoms with Gasteiger partial charge in [-0.25, -0.2) is 14.8 Å². The molecular formula is C26H20ClN5O4. The average molecular weight is 502 g/mol. The number of esters is 1. The number of nitrogens with one attached hydrogen (secondary N) is 2. The Morgan fingerprint density at radius 1 is 1.03 bits per heavy atom. The minimum atomic E-state index is -0.599. The predicted octanol–water partition coefficient (Wildman–Crippen LogP) is 4.71. The smallest absolute Gasteiger partial charge is 0.330 e. The molecule has 0 aliphatic heterocycles. The SMILES string of the molecule is CCOC(=O)C=CC(=O)Nc1ccc2ncnc(Nc3ccc(C(=O)c4cccnc4)c(Cl)c3)c2c1. The van der Waals surface area contributed by atoms with Gasteiger partial charge in [0.05, 0.1) is 17.1 Å². The third kappa shape index (κ3) is 5.89. The van der Waals surface area contributed by atoms with E-state index in [1.807, 2.05) is 0 Å². The molecule has 2 heterocycles. The molecule has 2 aromatic heterocycles. The summed E-state index contributed by atoms with van der Waals surface area (Å²) in [6, 6.07) is 13.5. The number of benzene rings is 2. The molecule has 0 unspecified atom stereocenters. The van der Waals surface area contributed by atoms with Crippen molar-refractivity contribution in [2.45, 2.75) is 6.92 Å². The second kappa shape index (κ2) is 11.2. The largest absolute Gasteiger partial charge is 0.463 e. The van der Waals surface area contributed by atoms with Gasteiger partial charge in [-0.15, -0.1) is 0 Å². The van der Waals surface area contributed by atoms with Crippen LogP contribution in [-0.4, -0.2) is 39.2 Å². The van der Waals surface area contributed by atoms with Crippen LogP contribution in [0.3, 0.4) is 0 Å². The van der Waals surface area contributed by atoms with Crippen LogP contribution in [-0.2, 0) is 14.3 Å². The summed E-state index contributed by atoms with van der Waals surface area (Å²) in [6.07, 6.45) is 6.64. The van der Waals surface area contributed by atoms with Crippen LogP contribution in [0.25, 0.3) is 10.9 Å². The van der Waals surface area contributed by atoms with Crippen molar-refractivity contribution in [2.75, 3.05) is 17.2 Å². The third-order valence-corrected chi connectivity index (χ3v) is 5.27. The van der Waals surface area contributed by atoms with Crippen molar-refractivity contribution in [3.8, 4) is 0 Å². The Hall–Kier alpha value is -4.63. The first-order valence-electron chi connectivity index (χ1n) is 10.9. The zero-order valence-corrected chi connectivity index (χ0v) is 19.8. The molecule has 0 bridgehead atoms. The van der Waals surface area contributed by atoms with E-state index >= 15 is 0 Å². The van der Waals surface area contributed by atoms with Gasteiger partial charge in [0.15, 0.2) is 5.78 Å². The third-order valence-electron chi connectivity index (χ3n) is 4.96. The molecular weight excluding hydrogens is 482 g/mol. The van der Waals surface area contributed by atoms with E-state index in [0.29, 0.717) is 39.2 Å². The van der Waals surface area contributed by atoms with Crippen molar-refractivity contribution in [3.63, 3.8) is 0 Å². The summed E-state index contributed by atoms with van der Waals surface area (Å²) in [5, 5.41) is 6.78. The molecule has 4 rings (SSSR count). The molecule has 180 valence electrons. The van der Waals surface area contributed by atoms with E-state index < -0.39 is 11.9 Å². The van der Waals surface area contributed by atoms with Gasteiger partial charge in [0, 0.05) is 52.4 Å². The summed E-state index contributed by atoms with van der Waals surface area (Å²) in [6.45, 7) is 1.90. The quantitative estimate of drug-likeness (QED) is 0.202. The first-order valence-corrected chi connectivity index (χ1v) is 11.2. The van der Waals surface area contributed by atoms with Gasteiger partial charge in [-0.2, -0.15) is 0 Å². The van der Waals surface area contributed by atoms with E-state index in [0.717, 1.165) is 12.2 Å². The monoisotopic (exact) mass is 501 g/mol. The van der Waals surface area contributed by atoms with Crippen LogP contribution >= 0.6 is 11.6 Å². The number of carbonyl (C=O) groups excluding carboxylic acids is 3. The molecule has 4 aromatic rings. The number of ether oxygens (including phenoxy) is 1. The molecule has 0 spiro atoms. The zero-order chi connectivity index (χ0) is 25.5. The number of rotatable bonds is 8. The Morgan fingerprint density at radius 2 is 1.86 bits per heavy atom. The van der Waals surface area contributed by atoms with Crippen LogP contribution in [0.15, 0.2) is 79.4 Å². The Morgan fingerprint density at radius 3 is 2.61 bits per heavy atom. The lowest BCUT2D eigenvalue weighted by molar-refractivity contribution is -0.137. The highest BCUT2D eigenvalue weighted by atomic mass is 35.5. The van der Waals surface area contributed by atoms with Crippen molar-refractivity contribution in [1.29, 1.82) is 0 Å². The molecule has 10 heteroatoms. The molecule has 2 N–H and O–H groups in total. The van der Waals surface area contributed by atoms with E-state index in [9.17, 15) is 14.4 Å². The first kappa shape index (κ1) is 24.5. The maximum Gasteiger partial charge on any atom is 0.330 e. The highest BCUT2D eigenvalue weighted by Gasteiger charge is 2.14. The zero-order valence-electron chi connectivity index (χ0n) is 19.1. The number of carbonyl (C=O) groups is 3.